The predicted molar refractivity (Wildman–Crippen MR) is 512 cm³/mol. The minimum Gasteiger partial charge on any atom is -0.379 e. The number of hydroxylamine groups is 8. The number of benzene rings is 5. The van der Waals surface area contributed by atoms with E-state index in [0.29, 0.717) is 168 Å². The number of hydrogen-bond donors (Lipinski definition) is 11. The van der Waals surface area contributed by atoms with Gasteiger partial charge in [0.15, 0.2) is 28.5 Å². The highest BCUT2D eigenvalue weighted by atomic mass is 35.5. The van der Waals surface area contributed by atoms with E-state index in [-0.39, 0.29) is 126 Å². The van der Waals surface area contributed by atoms with Gasteiger partial charge in [0.1, 0.15) is 18.3 Å². The summed E-state index contributed by atoms with van der Waals surface area (Å²) in [6.45, 7) is 9.60. The molecule has 2 unspecified atom stereocenters. The number of fused-ring (bicyclic) bond motifs is 5. The molecule has 10 aromatic rings. The Morgan fingerprint density at radius 3 is 1.00 bits per heavy atom. The SMILES string of the molecule is CN(C)N(C)C(=O)c1n[nH]c2c1CN(C(=O)Nc1cccc(Cl)c1)CC2.CN(OC1CCOC1)C(=O)c1n[nH]c2c1CN(C(=O)Nc1cccc(Cl)c1)CC2.CN(OC1CNC1)C(=O)c1n[nH]c2c1CN(C(=O)Nc1cccc(Cl)c1)CC2.CN1CC(ON(C)C(=O)c2n[nH]c3c2CN(C(=O)Nc2cccc(Cl)c2)CC3)C1.CON(C)C(=O)c1n[nH]c2c1CN(C(=O)Nc1cccc(Cl)c1)C(C)C2. The average molecular weight is 2000 g/mol. The van der Waals surface area contributed by atoms with Crippen molar-refractivity contribution in [1.82, 2.24) is 116 Å². The van der Waals surface area contributed by atoms with Crippen LogP contribution < -0.4 is 31.9 Å². The molecule has 3 saturated heterocycles. The van der Waals surface area contributed by atoms with Crippen molar-refractivity contribution in [2.75, 3.05) is 156 Å². The smallest absolute Gasteiger partial charge is 0.322 e. The molecule has 732 valence electrons. The van der Waals surface area contributed by atoms with E-state index in [1.165, 1.54) is 34.4 Å². The number of hydrazine groups is 1. The van der Waals surface area contributed by atoms with E-state index in [0.717, 1.165) is 69.7 Å². The second kappa shape index (κ2) is 46.0. The molecule has 138 heavy (non-hydrogen) atoms. The molecule has 0 bridgehead atoms. The second-order valence-electron chi connectivity index (χ2n) is 33.7. The highest BCUT2D eigenvalue weighted by Gasteiger charge is 2.39. The molecule has 0 radical (unpaired) electrons. The van der Waals surface area contributed by atoms with Crippen molar-refractivity contribution < 1.29 is 72.0 Å². The molecule has 18 rings (SSSR count). The molecule has 8 aliphatic rings. The molecule has 8 aliphatic heterocycles. The lowest BCUT2D eigenvalue weighted by Crippen LogP contribution is -2.52. The van der Waals surface area contributed by atoms with Crippen molar-refractivity contribution in [3.8, 4) is 0 Å². The van der Waals surface area contributed by atoms with Gasteiger partial charge in [-0.15, -0.1) is 0 Å². The maximum Gasteiger partial charge on any atom is 0.322 e. The number of carbonyl (C=O) groups excluding carboxylic acids is 10. The number of hydrogen-bond acceptors (Lipinski definition) is 23. The Morgan fingerprint density at radius 1 is 0.399 bits per heavy atom. The Morgan fingerprint density at radius 2 is 0.703 bits per heavy atom. The molecule has 5 aromatic heterocycles. The van der Waals surface area contributed by atoms with Gasteiger partial charge in [-0.25, -0.2) is 49.2 Å². The van der Waals surface area contributed by atoms with Gasteiger partial charge in [0.25, 0.3) is 29.5 Å². The summed E-state index contributed by atoms with van der Waals surface area (Å²) in [5, 5.41) is 63.3. The maximum atomic E-state index is 12.8. The van der Waals surface area contributed by atoms with Gasteiger partial charge < -0.3 is 66.0 Å². The molecule has 48 heteroatoms. The topological polar surface area (TPSA) is 471 Å². The zero-order valence-corrected chi connectivity index (χ0v) is 81.1. The Labute approximate surface area is 818 Å². The summed E-state index contributed by atoms with van der Waals surface area (Å²) in [6, 6.07) is 33.5. The van der Waals surface area contributed by atoms with Crippen LogP contribution in [0, 0.1) is 0 Å². The number of carbonyl (C=O) groups is 10. The summed E-state index contributed by atoms with van der Waals surface area (Å²) in [7, 11) is 14.9. The third-order valence-corrected chi connectivity index (χ3v) is 24.9. The number of aromatic nitrogens is 10. The summed E-state index contributed by atoms with van der Waals surface area (Å²) in [6.07, 6.45) is 3.56. The second-order valence-corrected chi connectivity index (χ2v) is 35.9. The normalized spacial score (nSPS) is 16.3. The number of likely N-dealkylation sites (tertiary alicyclic amines) is 1. The lowest BCUT2D eigenvalue weighted by Gasteiger charge is -2.37. The van der Waals surface area contributed by atoms with E-state index < -0.39 is 0 Å². The van der Waals surface area contributed by atoms with E-state index >= 15 is 0 Å². The van der Waals surface area contributed by atoms with Crippen LogP contribution in [0.3, 0.4) is 0 Å². The lowest BCUT2D eigenvalue weighted by atomic mass is 9.99. The van der Waals surface area contributed by atoms with Crippen molar-refractivity contribution in [3.05, 3.63) is 231 Å². The fourth-order valence-electron chi connectivity index (χ4n) is 15.8. The lowest BCUT2D eigenvalue weighted by molar-refractivity contribution is -0.186. The molecular formula is C90H107Cl5N28O15. The van der Waals surface area contributed by atoms with Crippen LogP contribution in [0.25, 0.3) is 0 Å². The minimum atomic E-state index is -0.366. The molecule has 2 atom stereocenters. The number of H-pyrrole nitrogens is 5. The number of rotatable bonds is 18. The summed E-state index contributed by atoms with van der Waals surface area (Å²) in [5.41, 5.74) is 12.5. The molecular weight excluding hydrogens is 1890 g/mol. The summed E-state index contributed by atoms with van der Waals surface area (Å²) in [5.74, 6) is -1.60. The Balaban J connectivity index is 0.000000138. The van der Waals surface area contributed by atoms with Crippen LogP contribution in [0.4, 0.5) is 52.4 Å². The van der Waals surface area contributed by atoms with Crippen LogP contribution in [-0.2, 0) is 88.9 Å². The number of urea groups is 5. The minimum absolute atomic E-state index is 0.00342. The molecule has 15 amide bonds. The number of anilines is 5. The van der Waals surface area contributed by atoms with Crippen molar-refractivity contribution in [1.29, 1.82) is 0 Å². The first-order valence-electron chi connectivity index (χ1n) is 44.2. The van der Waals surface area contributed by atoms with Crippen molar-refractivity contribution in [3.63, 3.8) is 0 Å². The monoisotopic (exact) mass is 1990 g/mol. The Bertz CT molecular complexity index is 6080. The van der Waals surface area contributed by atoms with Crippen molar-refractivity contribution >= 4 is 146 Å². The summed E-state index contributed by atoms with van der Waals surface area (Å²) < 4.78 is 5.27. The van der Waals surface area contributed by atoms with E-state index in [4.69, 9.17) is 82.1 Å². The van der Waals surface area contributed by atoms with Crippen LogP contribution in [-0.4, -0.2) is 324 Å². The summed E-state index contributed by atoms with van der Waals surface area (Å²) >= 11 is 29.8. The Kier molecular flexibility index (Phi) is 33.6. The fourth-order valence-corrected chi connectivity index (χ4v) is 16.8. The summed E-state index contributed by atoms with van der Waals surface area (Å²) in [4.78, 5) is 159. The van der Waals surface area contributed by atoms with E-state index in [2.05, 4.69) is 87.8 Å². The third-order valence-electron chi connectivity index (χ3n) is 23.7. The van der Waals surface area contributed by atoms with Gasteiger partial charge in [-0.2, -0.15) is 25.5 Å². The van der Waals surface area contributed by atoms with Gasteiger partial charge in [-0.05, 0) is 105 Å². The largest absolute Gasteiger partial charge is 0.379 e. The zero-order valence-electron chi connectivity index (χ0n) is 77.3. The average Bonchev–Trinajstić information content (AvgIpc) is 1.44. The van der Waals surface area contributed by atoms with Gasteiger partial charge in [-0.1, -0.05) is 88.3 Å². The number of likely N-dealkylation sites (N-methyl/N-ethyl adjacent to an activating group) is 1. The van der Waals surface area contributed by atoms with E-state index in [1.807, 2.05) is 14.0 Å². The van der Waals surface area contributed by atoms with Gasteiger partial charge in [-0.3, -0.25) is 73.8 Å². The predicted octanol–water partition coefficient (Wildman–Crippen LogP) is 10.9. The van der Waals surface area contributed by atoms with Gasteiger partial charge in [0.05, 0.1) is 46.4 Å². The molecule has 0 aliphatic carbocycles. The molecule has 0 saturated carbocycles. The van der Waals surface area contributed by atoms with Crippen molar-refractivity contribution in [2.45, 2.75) is 103 Å². The number of halogens is 5. The third kappa shape index (κ3) is 25.3. The number of ether oxygens (including phenoxy) is 1. The van der Waals surface area contributed by atoms with Gasteiger partial charge >= 0.3 is 30.2 Å². The highest BCUT2D eigenvalue weighted by molar-refractivity contribution is 6.32. The first kappa shape index (κ1) is 101. The molecule has 5 aromatic carbocycles. The molecule has 43 nitrogen and oxygen atoms in total. The molecule has 13 heterocycles. The van der Waals surface area contributed by atoms with Crippen molar-refractivity contribution in [2.24, 2.45) is 0 Å². The van der Waals surface area contributed by atoms with E-state index in [9.17, 15) is 47.9 Å². The van der Waals surface area contributed by atoms with Gasteiger partial charge in [0.2, 0.25) is 0 Å². The zero-order chi connectivity index (χ0) is 98.3. The highest BCUT2D eigenvalue weighted by Crippen LogP contribution is 2.33. The fraction of sp³-hybridized carbons (Fsp3) is 0.389. The first-order valence-corrected chi connectivity index (χ1v) is 46.1. The van der Waals surface area contributed by atoms with Crippen LogP contribution in [0.5, 0.6) is 0 Å². The van der Waals surface area contributed by atoms with Crippen LogP contribution >= 0.6 is 58.0 Å². The first-order chi connectivity index (χ1) is 66.2. The Hall–Kier alpha value is -13.0. The molecule has 3 fully saturated rings. The quantitative estimate of drug-likeness (QED) is 0.0355. The van der Waals surface area contributed by atoms with Crippen LogP contribution in [0.15, 0.2) is 121 Å². The van der Waals surface area contributed by atoms with Crippen LogP contribution in [0.2, 0.25) is 25.1 Å². The van der Waals surface area contributed by atoms with E-state index in [1.54, 1.807) is 193 Å². The number of aromatic amines is 5. The van der Waals surface area contributed by atoms with Crippen LogP contribution in [0.1, 0.15) is 122 Å². The maximum absolute atomic E-state index is 12.8. The molecule has 0 spiro atoms. The number of nitrogens with zero attached hydrogens (tertiary/aromatic N) is 17. The number of amides is 15. The standard InChI is InChI=1S/C19H23ClN6O3.C19H22ClN5O4.C18H21ClN6O3.C17H21ClN6O2.C17H20ClN5O3/c1-24-9-14(10-24)29-25(2)18(27)17-15-11-26(7-6-16(15)22-23-17)19(28)21-13-5-3-4-12(20)8-13;1-24(29-14-6-8-28-11-14)18(26)17-15-10-25(7-5-16(15)22-23-17)19(27)21-13-4-2-3-12(20)9-13;1-24(28-13-8-20-9-13)17(26)16-14-10-25(6-5-15(14)22-23-16)18(27)21-12-4-2-3-11(19)7-12;1-22(2)23(3)16(25)15-13-10-24(8-7-14(13)20-21-15)17(26)19-12-6-4-5-11(18)9-12;1-10-7-14-13(15(21-20-14)16(24)22(2)26-3)9-23(10)17(25)19-12-6-4-5-11(18)8-12/h3-5,8,14H,6-7,9-11H2,1-2H3,(H,21,28)(H,22,23);2-4,9,14H,5-8,10-11H2,1H3,(H,21,27)(H,22,23);2-4,7,13,20H,5-6,8-10H2,1H3,(H,21,27)(H,22,23);4-6,9H,7-8,10H2,1-3H3,(H,19,26)(H,20,21);4-6,8,10H,7,9H2,1-3H3,(H,19,25)(H,20,21). The van der Waals surface area contributed by atoms with Gasteiger partial charge in [0, 0.05) is 263 Å². The number of nitrogens with one attached hydrogen (secondary N) is 11. The molecule has 11 N–H and O–H groups in total.